The molecule has 0 aliphatic heterocycles. The van der Waals surface area contributed by atoms with E-state index in [0.29, 0.717) is 11.9 Å². The summed E-state index contributed by atoms with van der Waals surface area (Å²) in [4.78, 5) is 0. The molecule has 11 heteroatoms. The highest BCUT2D eigenvalue weighted by atomic mass is 79.9. The first kappa shape index (κ1) is 36.5. The number of hydrogen-bond acceptors (Lipinski definition) is 5. The summed E-state index contributed by atoms with van der Waals surface area (Å²) >= 11 is 6.90. The van der Waals surface area contributed by atoms with Crippen LogP contribution in [0.3, 0.4) is 0 Å². The summed E-state index contributed by atoms with van der Waals surface area (Å²) in [6.45, 7) is 2.34. The van der Waals surface area contributed by atoms with E-state index in [1.54, 1.807) is 12.1 Å². The molecule has 2 aliphatic rings. The van der Waals surface area contributed by atoms with Crippen molar-refractivity contribution in [3.63, 3.8) is 0 Å². The largest absolute Gasteiger partial charge is 0.508 e. The molecule has 2 saturated carbocycles. The van der Waals surface area contributed by atoms with Crippen LogP contribution in [0.4, 0.5) is 13.2 Å². The van der Waals surface area contributed by atoms with Crippen LogP contribution in [0.15, 0.2) is 81.7 Å². The van der Waals surface area contributed by atoms with Gasteiger partial charge in [-0.25, -0.2) is 0 Å². The maximum Gasteiger partial charge on any atom is 0.391 e. The molecule has 0 unspecified atom stereocenters. The minimum Gasteiger partial charge on any atom is -0.508 e. The van der Waals surface area contributed by atoms with Crippen molar-refractivity contribution in [3.05, 3.63) is 81.7 Å². The zero-order chi connectivity index (χ0) is 33.5. The molecule has 0 bridgehead atoms. The van der Waals surface area contributed by atoms with Gasteiger partial charge in [0, 0.05) is 8.95 Å². The Morgan fingerprint density at radius 2 is 1.20 bits per heavy atom. The zero-order valence-corrected chi connectivity index (χ0v) is 29.8. The summed E-state index contributed by atoms with van der Waals surface area (Å²) in [7, 11) is -3.56. The van der Waals surface area contributed by atoms with Gasteiger partial charge in [-0.1, -0.05) is 63.0 Å². The summed E-state index contributed by atoms with van der Waals surface area (Å²) in [6, 6.07) is 24.1. The fourth-order valence-corrected chi connectivity index (χ4v) is 7.19. The van der Waals surface area contributed by atoms with Gasteiger partial charge in [-0.05, 0) is 127 Å². The van der Waals surface area contributed by atoms with E-state index in [4.69, 9.17) is 4.74 Å². The van der Waals surface area contributed by atoms with E-state index >= 15 is 0 Å². The van der Waals surface area contributed by atoms with E-state index in [9.17, 15) is 26.7 Å². The van der Waals surface area contributed by atoms with E-state index in [0.717, 1.165) is 37.6 Å². The number of ether oxygens (including phenoxy) is 1. The van der Waals surface area contributed by atoms with Crippen LogP contribution in [-0.2, 0) is 14.3 Å². The number of rotatable bonds is 4. The lowest BCUT2D eigenvalue weighted by Crippen LogP contribution is -2.31. The average Bonchev–Trinajstić information content (AvgIpc) is 2.97. The van der Waals surface area contributed by atoms with Gasteiger partial charge >= 0.3 is 6.18 Å². The monoisotopic (exact) mass is 786 g/mol. The second kappa shape index (κ2) is 16.2. The molecular formula is C35H39Br2F3O5S. The third-order valence-electron chi connectivity index (χ3n) is 8.27. The van der Waals surface area contributed by atoms with Gasteiger partial charge in [0.15, 0.2) is 0 Å². The van der Waals surface area contributed by atoms with E-state index in [-0.39, 0.29) is 25.7 Å². The first-order valence-electron chi connectivity index (χ1n) is 15.3. The van der Waals surface area contributed by atoms with Crippen molar-refractivity contribution >= 4 is 63.5 Å². The Hall–Kier alpha value is -2.34. The average molecular weight is 789 g/mol. The summed E-state index contributed by atoms with van der Waals surface area (Å²) in [5, 5.41) is 13.9. The normalized spacial score (nSPS) is 21.9. The molecule has 1 N–H and O–H groups in total. The summed E-state index contributed by atoms with van der Waals surface area (Å²) < 4.78 is 71.1. The van der Waals surface area contributed by atoms with Gasteiger partial charge < -0.3 is 9.84 Å². The van der Waals surface area contributed by atoms with Crippen LogP contribution in [0.1, 0.15) is 58.3 Å². The molecule has 0 heterocycles. The number of alkyl halides is 3. The molecule has 2 aliphatic carbocycles. The predicted octanol–water partition coefficient (Wildman–Crippen LogP) is 11.0. The molecule has 5 nitrogen and oxygen atoms in total. The highest BCUT2D eigenvalue weighted by Gasteiger charge is 2.42. The fraction of sp³-hybridized carbons (Fsp3) is 0.429. The van der Waals surface area contributed by atoms with Crippen molar-refractivity contribution in [1.82, 2.24) is 0 Å². The SMILES string of the molecule is CC1CCC(Oc2ccc3ccc(Br)cc3c2)CC1.CS(=O)(=O)OC1CCC(C(F)(F)F)CC1.Oc1ccc2ccc(Br)cc2c1. The molecule has 0 aromatic heterocycles. The highest BCUT2D eigenvalue weighted by molar-refractivity contribution is 9.10. The first-order valence-corrected chi connectivity index (χ1v) is 18.7. The Bertz CT molecular complexity index is 1660. The maximum absolute atomic E-state index is 12.2. The minimum atomic E-state index is -4.17. The number of aromatic hydroxyl groups is 1. The lowest BCUT2D eigenvalue weighted by atomic mass is 9.87. The Morgan fingerprint density at radius 1 is 0.696 bits per heavy atom. The fourth-order valence-electron chi connectivity index (χ4n) is 5.75. The molecule has 4 aromatic carbocycles. The smallest absolute Gasteiger partial charge is 0.391 e. The standard InChI is InChI=1S/C17H19BrO.C10H7BrO.C8H13F3O3S/c1-12-2-7-16(8-3-12)19-17-9-5-13-4-6-15(18)10-14(13)11-17;11-9-3-1-7-2-4-10(12)6-8(7)5-9;1-15(12,13)14-7-4-2-6(3-5-7)8(9,10)11/h4-6,9-12,16H,2-3,7-8H2,1H3;1-6,12H;6-7H,2-5H2,1H3. The van der Waals surface area contributed by atoms with Crippen molar-refractivity contribution in [2.24, 2.45) is 11.8 Å². The van der Waals surface area contributed by atoms with Crippen LogP contribution < -0.4 is 4.74 Å². The van der Waals surface area contributed by atoms with Gasteiger partial charge in [0.25, 0.3) is 10.1 Å². The van der Waals surface area contributed by atoms with Crippen LogP contribution in [0.25, 0.3) is 21.5 Å². The van der Waals surface area contributed by atoms with E-state index in [1.165, 1.54) is 36.5 Å². The number of fused-ring (bicyclic) bond motifs is 2. The highest BCUT2D eigenvalue weighted by Crippen LogP contribution is 2.38. The van der Waals surface area contributed by atoms with Crippen LogP contribution in [0.5, 0.6) is 11.5 Å². The van der Waals surface area contributed by atoms with Crippen molar-refractivity contribution in [3.8, 4) is 11.5 Å². The third kappa shape index (κ3) is 11.7. The van der Waals surface area contributed by atoms with Gasteiger partial charge in [-0.2, -0.15) is 21.6 Å². The van der Waals surface area contributed by atoms with Crippen molar-refractivity contribution in [2.75, 3.05) is 6.26 Å². The molecule has 6 rings (SSSR count). The molecule has 46 heavy (non-hydrogen) atoms. The van der Waals surface area contributed by atoms with Crippen LogP contribution in [0, 0.1) is 11.8 Å². The Kier molecular flexibility index (Phi) is 12.8. The van der Waals surface area contributed by atoms with E-state index in [1.807, 2.05) is 24.3 Å². The van der Waals surface area contributed by atoms with E-state index in [2.05, 4.69) is 79.4 Å². The molecule has 0 radical (unpaired) electrons. The molecule has 0 spiro atoms. The van der Waals surface area contributed by atoms with Crippen LogP contribution in [-0.4, -0.2) is 38.2 Å². The predicted molar refractivity (Wildman–Crippen MR) is 185 cm³/mol. The topological polar surface area (TPSA) is 72.8 Å². The zero-order valence-electron chi connectivity index (χ0n) is 25.8. The second-order valence-corrected chi connectivity index (χ2v) is 15.6. The van der Waals surface area contributed by atoms with Crippen molar-refractivity contribution < 1.29 is 35.6 Å². The number of phenols is 1. The van der Waals surface area contributed by atoms with Gasteiger partial charge in [0.1, 0.15) is 11.5 Å². The van der Waals surface area contributed by atoms with Crippen molar-refractivity contribution in [2.45, 2.75) is 76.7 Å². The Labute approximate surface area is 285 Å². The minimum absolute atomic E-state index is 0.0519. The maximum atomic E-state index is 12.2. The number of benzene rings is 4. The molecule has 4 aromatic rings. The number of hydrogen-bond donors (Lipinski definition) is 1. The third-order valence-corrected chi connectivity index (χ3v) is 9.88. The molecule has 2 fully saturated rings. The van der Waals surface area contributed by atoms with Crippen molar-refractivity contribution in [1.29, 1.82) is 0 Å². The quantitative estimate of drug-likeness (QED) is 0.209. The molecular weight excluding hydrogens is 749 g/mol. The molecule has 250 valence electrons. The summed E-state index contributed by atoms with van der Waals surface area (Å²) in [5.74, 6) is 0.870. The molecule has 0 saturated heterocycles. The van der Waals surface area contributed by atoms with Gasteiger partial charge in [-0.15, -0.1) is 0 Å². The van der Waals surface area contributed by atoms with E-state index < -0.39 is 28.3 Å². The van der Waals surface area contributed by atoms with Crippen LogP contribution in [0.2, 0.25) is 0 Å². The van der Waals surface area contributed by atoms with Gasteiger partial charge in [0.2, 0.25) is 0 Å². The van der Waals surface area contributed by atoms with Gasteiger partial charge in [0.05, 0.1) is 24.4 Å². The Balaban J connectivity index is 0.000000161. The summed E-state index contributed by atoms with van der Waals surface area (Å²) in [6.07, 6.45) is 1.73. The van der Waals surface area contributed by atoms with Crippen LogP contribution >= 0.6 is 31.9 Å². The summed E-state index contributed by atoms with van der Waals surface area (Å²) in [5.41, 5.74) is 0. The number of phenolic OH excluding ortho intramolecular Hbond substituents is 1. The van der Waals surface area contributed by atoms with Gasteiger partial charge in [-0.3, -0.25) is 4.18 Å². The Morgan fingerprint density at radius 3 is 1.74 bits per heavy atom. The second-order valence-electron chi connectivity index (χ2n) is 12.1. The lowest BCUT2D eigenvalue weighted by Gasteiger charge is -2.28. The molecule has 0 amide bonds. The molecule has 0 atom stereocenters. The first-order chi connectivity index (χ1) is 21.6. The lowest BCUT2D eigenvalue weighted by molar-refractivity contribution is -0.185. The number of halogens is 5.